The van der Waals surface area contributed by atoms with Gasteiger partial charge in [-0.15, -0.1) is 0 Å². The van der Waals surface area contributed by atoms with Crippen molar-refractivity contribution >= 4 is 11.9 Å². The lowest BCUT2D eigenvalue weighted by Crippen LogP contribution is -2.55. The predicted octanol–water partition coefficient (Wildman–Crippen LogP) is 1.40. The summed E-state index contributed by atoms with van der Waals surface area (Å²) in [6.45, 7) is 1.43. The standard InChI is InChI=1S/C19H24N4O3/c20-13-19(16-7-1-3-9-21-16)8-5-11-23(14-19)15-6-2-4-10-22(18(15)26)12-17(24)25/h1,3,7,9,15H,2,4-6,8,10-12,14H2,(H,24,25). The van der Waals surface area contributed by atoms with E-state index in [-0.39, 0.29) is 18.5 Å². The molecule has 0 aromatic carbocycles. The van der Waals surface area contributed by atoms with E-state index in [1.807, 2.05) is 18.2 Å². The summed E-state index contributed by atoms with van der Waals surface area (Å²) in [5.41, 5.74) is 0.0275. The molecule has 3 heterocycles. The van der Waals surface area contributed by atoms with Crippen LogP contribution in [0.2, 0.25) is 0 Å². The molecule has 0 bridgehead atoms. The van der Waals surface area contributed by atoms with Crippen molar-refractivity contribution in [1.82, 2.24) is 14.8 Å². The van der Waals surface area contributed by atoms with Gasteiger partial charge in [-0.05, 0) is 50.8 Å². The van der Waals surface area contributed by atoms with Crippen molar-refractivity contribution < 1.29 is 14.7 Å². The van der Waals surface area contributed by atoms with Crippen LogP contribution in [-0.4, -0.2) is 64.0 Å². The second-order valence-corrected chi connectivity index (χ2v) is 7.15. The number of amides is 1. The predicted molar refractivity (Wildman–Crippen MR) is 94.2 cm³/mol. The Morgan fingerprint density at radius 1 is 1.35 bits per heavy atom. The number of hydrogen-bond donors (Lipinski definition) is 1. The number of carboxylic acids is 1. The van der Waals surface area contributed by atoms with Gasteiger partial charge < -0.3 is 10.0 Å². The third-order valence-electron chi connectivity index (χ3n) is 5.41. The molecular formula is C19H24N4O3. The van der Waals surface area contributed by atoms with E-state index in [1.165, 1.54) is 4.90 Å². The van der Waals surface area contributed by atoms with Gasteiger partial charge in [-0.3, -0.25) is 19.5 Å². The number of carbonyl (C=O) groups excluding carboxylic acids is 1. The minimum atomic E-state index is -0.988. The molecule has 138 valence electrons. The fourth-order valence-electron chi connectivity index (χ4n) is 4.10. The summed E-state index contributed by atoms with van der Waals surface area (Å²) in [5.74, 6) is -1.11. The molecule has 7 heteroatoms. The molecule has 1 aromatic heterocycles. The van der Waals surface area contributed by atoms with Crippen molar-refractivity contribution in [3.8, 4) is 6.07 Å². The first-order chi connectivity index (χ1) is 12.6. The summed E-state index contributed by atoms with van der Waals surface area (Å²) in [7, 11) is 0. The number of pyridine rings is 1. The van der Waals surface area contributed by atoms with Crippen molar-refractivity contribution in [1.29, 1.82) is 5.26 Å². The highest BCUT2D eigenvalue weighted by atomic mass is 16.4. The van der Waals surface area contributed by atoms with Gasteiger partial charge in [0.05, 0.1) is 17.8 Å². The van der Waals surface area contributed by atoms with E-state index in [0.717, 1.165) is 37.9 Å². The Kier molecular flexibility index (Phi) is 5.52. The Bertz CT molecular complexity index is 702. The molecule has 26 heavy (non-hydrogen) atoms. The molecule has 0 aliphatic carbocycles. The Morgan fingerprint density at radius 3 is 2.88 bits per heavy atom. The molecule has 0 radical (unpaired) electrons. The van der Waals surface area contributed by atoms with Crippen LogP contribution < -0.4 is 0 Å². The topological polar surface area (TPSA) is 97.5 Å². The van der Waals surface area contributed by atoms with E-state index in [9.17, 15) is 14.9 Å². The maximum absolute atomic E-state index is 12.9. The molecule has 0 saturated carbocycles. The maximum atomic E-state index is 12.9. The van der Waals surface area contributed by atoms with Crippen LogP contribution in [0.3, 0.4) is 0 Å². The minimum absolute atomic E-state index is 0.125. The number of aliphatic carboxylic acids is 1. The van der Waals surface area contributed by atoms with Gasteiger partial charge in [-0.1, -0.05) is 6.07 Å². The first-order valence-electron chi connectivity index (χ1n) is 9.13. The Balaban J connectivity index is 1.83. The quantitative estimate of drug-likeness (QED) is 0.876. The van der Waals surface area contributed by atoms with Crippen LogP contribution in [0, 0.1) is 11.3 Å². The molecule has 2 fully saturated rings. The highest BCUT2D eigenvalue weighted by Gasteiger charge is 2.43. The molecular weight excluding hydrogens is 332 g/mol. The molecule has 2 unspecified atom stereocenters. The normalized spacial score (nSPS) is 27.6. The van der Waals surface area contributed by atoms with Crippen LogP contribution >= 0.6 is 0 Å². The van der Waals surface area contributed by atoms with Crippen LogP contribution in [0.15, 0.2) is 24.4 Å². The zero-order valence-corrected chi connectivity index (χ0v) is 14.8. The molecule has 1 amide bonds. The molecule has 3 rings (SSSR count). The zero-order chi connectivity index (χ0) is 18.6. The average molecular weight is 356 g/mol. The summed E-state index contributed by atoms with van der Waals surface area (Å²) < 4.78 is 0. The van der Waals surface area contributed by atoms with Crippen LogP contribution in [-0.2, 0) is 15.0 Å². The molecule has 7 nitrogen and oxygen atoms in total. The molecule has 1 aromatic rings. The highest BCUT2D eigenvalue weighted by molar-refractivity contribution is 5.85. The van der Waals surface area contributed by atoms with E-state index in [4.69, 9.17) is 5.11 Å². The van der Waals surface area contributed by atoms with Crippen molar-refractivity contribution in [2.75, 3.05) is 26.2 Å². The van der Waals surface area contributed by atoms with E-state index >= 15 is 0 Å². The van der Waals surface area contributed by atoms with Crippen LogP contribution in [0.4, 0.5) is 0 Å². The van der Waals surface area contributed by atoms with Crippen molar-refractivity contribution in [3.63, 3.8) is 0 Å². The SMILES string of the molecule is N#CC1(c2ccccn2)CCCN(C2CCCCN(CC(=O)O)C2=O)C1. The van der Waals surface area contributed by atoms with Crippen molar-refractivity contribution in [2.45, 2.75) is 43.6 Å². The minimum Gasteiger partial charge on any atom is -0.480 e. The molecule has 1 N–H and O–H groups in total. The van der Waals surface area contributed by atoms with Crippen LogP contribution in [0.25, 0.3) is 0 Å². The number of nitrogens with zero attached hydrogens (tertiary/aromatic N) is 4. The third-order valence-corrected chi connectivity index (χ3v) is 5.41. The van der Waals surface area contributed by atoms with Gasteiger partial charge in [0.25, 0.3) is 0 Å². The summed E-state index contributed by atoms with van der Waals surface area (Å²) in [5, 5.41) is 19.0. The van der Waals surface area contributed by atoms with Gasteiger partial charge in [0.1, 0.15) is 12.0 Å². The van der Waals surface area contributed by atoms with E-state index in [2.05, 4.69) is 16.0 Å². The number of carbonyl (C=O) groups is 2. The molecule has 2 aliphatic rings. The van der Waals surface area contributed by atoms with Gasteiger partial charge >= 0.3 is 5.97 Å². The zero-order valence-electron chi connectivity index (χ0n) is 14.8. The smallest absolute Gasteiger partial charge is 0.323 e. The number of likely N-dealkylation sites (tertiary alicyclic amines) is 2. The number of nitriles is 1. The Hall–Kier alpha value is -2.46. The second-order valence-electron chi connectivity index (χ2n) is 7.15. The lowest BCUT2D eigenvalue weighted by molar-refractivity contribution is -0.146. The molecule has 2 aliphatic heterocycles. The van der Waals surface area contributed by atoms with Gasteiger partial charge in [0, 0.05) is 19.3 Å². The van der Waals surface area contributed by atoms with Crippen LogP contribution in [0.5, 0.6) is 0 Å². The first kappa shape index (κ1) is 18.3. The average Bonchev–Trinajstić information content (AvgIpc) is 2.84. The number of carboxylic acid groups (broad SMARTS) is 1. The lowest BCUT2D eigenvalue weighted by atomic mass is 9.77. The fraction of sp³-hybridized carbons (Fsp3) is 0.579. The molecule has 2 saturated heterocycles. The Morgan fingerprint density at radius 2 is 2.19 bits per heavy atom. The Labute approximate surface area is 153 Å². The summed E-state index contributed by atoms with van der Waals surface area (Å²) >= 11 is 0. The van der Waals surface area contributed by atoms with Crippen LogP contribution in [0.1, 0.15) is 37.8 Å². The summed E-state index contributed by atoms with van der Waals surface area (Å²) in [6.07, 6.45) is 5.63. The largest absolute Gasteiger partial charge is 0.480 e. The van der Waals surface area contributed by atoms with Crippen molar-refractivity contribution in [2.24, 2.45) is 0 Å². The summed E-state index contributed by atoms with van der Waals surface area (Å²) in [6, 6.07) is 7.68. The van der Waals surface area contributed by atoms with Gasteiger partial charge in [0.15, 0.2) is 0 Å². The second kappa shape index (κ2) is 7.83. The third kappa shape index (κ3) is 3.70. The van der Waals surface area contributed by atoms with Crippen molar-refractivity contribution in [3.05, 3.63) is 30.1 Å². The lowest BCUT2D eigenvalue weighted by Gasteiger charge is -2.41. The van der Waals surface area contributed by atoms with Gasteiger partial charge in [-0.25, -0.2) is 0 Å². The number of piperidine rings is 1. The molecule has 0 spiro atoms. The van der Waals surface area contributed by atoms with E-state index in [1.54, 1.807) is 6.20 Å². The van der Waals surface area contributed by atoms with Gasteiger partial charge in [-0.2, -0.15) is 5.26 Å². The molecule has 2 atom stereocenters. The first-order valence-corrected chi connectivity index (χ1v) is 9.13. The van der Waals surface area contributed by atoms with E-state index < -0.39 is 11.4 Å². The van der Waals surface area contributed by atoms with Gasteiger partial charge in [0.2, 0.25) is 5.91 Å². The summed E-state index contributed by atoms with van der Waals surface area (Å²) in [4.78, 5) is 31.9. The number of rotatable bonds is 4. The number of aromatic nitrogens is 1. The number of hydrogen-bond acceptors (Lipinski definition) is 5. The monoisotopic (exact) mass is 356 g/mol. The highest BCUT2D eigenvalue weighted by Crippen LogP contribution is 2.34. The van der Waals surface area contributed by atoms with E-state index in [0.29, 0.717) is 19.5 Å². The maximum Gasteiger partial charge on any atom is 0.323 e. The fourth-order valence-corrected chi connectivity index (χ4v) is 4.10.